The highest BCUT2D eigenvalue weighted by Gasteiger charge is 2.26. The van der Waals surface area contributed by atoms with Gasteiger partial charge in [0.15, 0.2) is 0 Å². The summed E-state index contributed by atoms with van der Waals surface area (Å²) in [6, 6.07) is 0.480. The van der Waals surface area contributed by atoms with E-state index in [9.17, 15) is 4.79 Å². The Labute approximate surface area is 86.4 Å². The van der Waals surface area contributed by atoms with Crippen molar-refractivity contribution in [2.75, 3.05) is 26.3 Å². The smallest absolute Gasteiger partial charge is 0.134 e. The highest BCUT2D eigenvalue weighted by molar-refractivity contribution is 5.81. The molecule has 0 aromatic rings. The van der Waals surface area contributed by atoms with E-state index in [1.165, 1.54) is 0 Å². The van der Waals surface area contributed by atoms with Crippen LogP contribution in [-0.4, -0.2) is 43.0 Å². The van der Waals surface area contributed by atoms with Gasteiger partial charge in [-0.2, -0.15) is 0 Å². The summed E-state index contributed by atoms with van der Waals surface area (Å²) in [6.45, 7) is 7.70. The normalized spacial score (nSPS) is 22.2. The SMILES string of the molecule is CCOCCN(CC)C1CCC(=O)C1. The van der Waals surface area contributed by atoms with Crippen LogP contribution in [0.25, 0.3) is 0 Å². The number of hydrogen-bond donors (Lipinski definition) is 0. The molecule has 14 heavy (non-hydrogen) atoms. The van der Waals surface area contributed by atoms with Crippen LogP contribution in [0, 0.1) is 0 Å². The number of hydrogen-bond acceptors (Lipinski definition) is 3. The van der Waals surface area contributed by atoms with E-state index in [-0.39, 0.29) is 0 Å². The van der Waals surface area contributed by atoms with E-state index in [4.69, 9.17) is 4.74 Å². The molecule has 0 aliphatic heterocycles. The zero-order valence-corrected chi connectivity index (χ0v) is 9.29. The van der Waals surface area contributed by atoms with Gasteiger partial charge in [-0.15, -0.1) is 0 Å². The minimum Gasteiger partial charge on any atom is -0.380 e. The summed E-state index contributed by atoms with van der Waals surface area (Å²) in [6.07, 6.45) is 2.56. The Morgan fingerprint density at radius 2 is 2.29 bits per heavy atom. The Kier molecular flexibility index (Phi) is 5.12. The van der Waals surface area contributed by atoms with E-state index in [0.29, 0.717) is 11.8 Å². The monoisotopic (exact) mass is 199 g/mol. The largest absolute Gasteiger partial charge is 0.380 e. The van der Waals surface area contributed by atoms with Gasteiger partial charge in [-0.1, -0.05) is 6.92 Å². The number of ketones is 1. The number of nitrogens with zero attached hydrogens (tertiary/aromatic N) is 1. The third-order valence-corrected chi connectivity index (χ3v) is 2.87. The number of Topliss-reactive ketones (excluding diaryl/α,β-unsaturated/α-hetero) is 1. The summed E-state index contributed by atoms with van der Waals surface area (Å²) in [5.41, 5.74) is 0. The fourth-order valence-corrected chi connectivity index (χ4v) is 2.03. The summed E-state index contributed by atoms with van der Waals surface area (Å²) in [4.78, 5) is 13.5. The average Bonchev–Trinajstić information content (AvgIpc) is 2.60. The van der Waals surface area contributed by atoms with E-state index < -0.39 is 0 Å². The number of likely N-dealkylation sites (N-methyl/N-ethyl adjacent to an activating group) is 1. The molecule has 0 bridgehead atoms. The summed E-state index contributed by atoms with van der Waals surface area (Å²) < 4.78 is 5.33. The second-order valence-electron chi connectivity index (χ2n) is 3.76. The maximum absolute atomic E-state index is 11.1. The molecule has 0 radical (unpaired) electrons. The minimum atomic E-state index is 0.421. The first kappa shape index (κ1) is 11.7. The van der Waals surface area contributed by atoms with Crippen LogP contribution in [0.5, 0.6) is 0 Å². The molecule has 1 aliphatic carbocycles. The number of carbonyl (C=O) groups excluding carboxylic acids is 1. The number of ether oxygens (including phenoxy) is 1. The van der Waals surface area contributed by atoms with E-state index in [1.54, 1.807) is 0 Å². The molecule has 3 nitrogen and oxygen atoms in total. The van der Waals surface area contributed by atoms with Crippen LogP contribution in [0.4, 0.5) is 0 Å². The second-order valence-corrected chi connectivity index (χ2v) is 3.76. The molecule has 0 spiro atoms. The summed E-state index contributed by atoms with van der Waals surface area (Å²) >= 11 is 0. The maximum atomic E-state index is 11.1. The van der Waals surface area contributed by atoms with Crippen LogP contribution in [0.3, 0.4) is 0 Å². The van der Waals surface area contributed by atoms with Crippen molar-refractivity contribution < 1.29 is 9.53 Å². The van der Waals surface area contributed by atoms with Crippen molar-refractivity contribution in [2.24, 2.45) is 0 Å². The quantitative estimate of drug-likeness (QED) is 0.607. The molecule has 0 aromatic heterocycles. The maximum Gasteiger partial charge on any atom is 0.134 e. The summed E-state index contributed by atoms with van der Waals surface area (Å²) in [5, 5.41) is 0. The molecule has 0 amide bonds. The van der Waals surface area contributed by atoms with Crippen LogP contribution < -0.4 is 0 Å². The highest BCUT2D eigenvalue weighted by atomic mass is 16.5. The molecular weight excluding hydrogens is 178 g/mol. The fraction of sp³-hybridized carbons (Fsp3) is 0.909. The molecule has 1 unspecified atom stereocenters. The molecule has 1 rings (SSSR count). The lowest BCUT2D eigenvalue weighted by atomic mass is 10.2. The summed E-state index contributed by atoms with van der Waals surface area (Å²) in [7, 11) is 0. The van der Waals surface area contributed by atoms with Gasteiger partial charge in [0.2, 0.25) is 0 Å². The number of rotatable bonds is 6. The Balaban J connectivity index is 2.26. The minimum absolute atomic E-state index is 0.421. The third kappa shape index (κ3) is 3.39. The lowest BCUT2D eigenvalue weighted by Gasteiger charge is -2.26. The Morgan fingerprint density at radius 3 is 2.79 bits per heavy atom. The Hall–Kier alpha value is -0.410. The van der Waals surface area contributed by atoms with Crippen LogP contribution in [0.1, 0.15) is 33.1 Å². The first-order chi connectivity index (χ1) is 6.77. The molecule has 3 heteroatoms. The molecule has 1 aliphatic rings. The topological polar surface area (TPSA) is 29.5 Å². The van der Waals surface area contributed by atoms with Crippen LogP contribution in [-0.2, 0) is 9.53 Å². The van der Waals surface area contributed by atoms with E-state index in [1.807, 2.05) is 6.92 Å². The van der Waals surface area contributed by atoms with Gasteiger partial charge >= 0.3 is 0 Å². The molecule has 1 fully saturated rings. The van der Waals surface area contributed by atoms with Gasteiger partial charge in [0, 0.05) is 32.0 Å². The predicted octanol–water partition coefficient (Wildman–Crippen LogP) is 1.47. The zero-order valence-electron chi connectivity index (χ0n) is 9.29. The van der Waals surface area contributed by atoms with Crippen molar-refractivity contribution in [3.63, 3.8) is 0 Å². The van der Waals surface area contributed by atoms with Crippen molar-refractivity contribution in [1.29, 1.82) is 0 Å². The molecule has 82 valence electrons. The van der Waals surface area contributed by atoms with E-state index in [0.717, 1.165) is 45.6 Å². The van der Waals surface area contributed by atoms with Gasteiger partial charge in [-0.25, -0.2) is 0 Å². The lowest BCUT2D eigenvalue weighted by Crippen LogP contribution is -2.36. The van der Waals surface area contributed by atoms with E-state index in [2.05, 4.69) is 11.8 Å². The van der Waals surface area contributed by atoms with Gasteiger partial charge < -0.3 is 4.74 Å². The Bertz CT molecular complexity index is 182. The molecule has 0 N–H and O–H groups in total. The van der Waals surface area contributed by atoms with Crippen molar-refractivity contribution in [1.82, 2.24) is 4.90 Å². The van der Waals surface area contributed by atoms with Crippen molar-refractivity contribution in [2.45, 2.75) is 39.2 Å². The molecule has 1 atom stereocenters. The van der Waals surface area contributed by atoms with Gasteiger partial charge in [-0.3, -0.25) is 9.69 Å². The molecule has 1 saturated carbocycles. The predicted molar refractivity (Wildman–Crippen MR) is 56.4 cm³/mol. The first-order valence-corrected chi connectivity index (χ1v) is 5.61. The second kappa shape index (κ2) is 6.14. The molecule has 0 heterocycles. The van der Waals surface area contributed by atoms with Crippen LogP contribution in [0.15, 0.2) is 0 Å². The van der Waals surface area contributed by atoms with Gasteiger partial charge in [0.1, 0.15) is 5.78 Å². The standard InChI is InChI=1S/C11H21NO2/c1-3-12(7-8-14-4-2)10-5-6-11(13)9-10/h10H,3-9H2,1-2H3. The van der Waals surface area contributed by atoms with Crippen molar-refractivity contribution in [3.05, 3.63) is 0 Å². The van der Waals surface area contributed by atoms with Crippen LogP contribution >= 0.6 is 0 Å². The third-order valence-electron chi connectivity index (χ3n) is 2.87. The molecule has 0 aromatic carbocycles. The molecular formula is C11H21NO2. The van der Waals surface area contributed by atoms with Gasteiger partial charge in [0.25, 0.3) is 0 Å². The van der Waals surface area contributed by atoms with Gasteiger partial charge in [0.05, 0.1) is 6.61 Å². The first-order valence-electron chi connectivity index (χ1n) is 5.61. The summed E-state index contributed by atoms with van der Waals surface area (Å²) in [5.74, 6) is 0.421. The van der Waals surface area contributed by atoms with Gasteiger partial charge in [-0.05, 0) is 19.9 Å². The molecule has 0 saturated heterocycles. The van der Waals surface area contributed by atoms with Crippen molar-refractivity contribution >= 4 is 5.78 Å². The lowest BCUT2D eigenvalue weighted by molar-refractivity contribution is -0.117. The highest BCUT2D eigenvalue weighted by Crippen LogP contribution is 2.20. The van der Waals surface area contributed by atoms with E-state index >= 15 is 0 Å². The van der Waals surface area contributed by atoms with Crippen molar-refractivity contribution in [3.8, 4) is 0 Å². The fourth-order valence-electron chi connectivity index (χ4n) is 2.03. The van der Waals surface area contributed by atoms with Crippen LogP contribution in [0.2, 0.25) is 0 Å². The average molecular weight is 199 g/mol. The number of carbonyl (C=O) groups is 1. The zero-order chi connectivity index (χ0) is 10.4. The Morgan fingerprint density at radius 1 is 1.50 bits per heavy atom.